The Hall–Kier alpha value is -0.833. The molecule has 3 heteroatoms. The maximum atomic E-state index is 9.35. The lowest BCUT2D eigenvalue weighted by atomic mass is 9.68. The third-order valence-electron chi connectivity index (χ3n) is 3.09. The highest BCUT2D eigenvalue weighted by Gasteiger charge is 2.35. The minimum Gasteiger partial charge on any atom is -0.411 e. The number of rotatable bonds is 4. The van der Waals surface area contributed by atoms with Crippen LogP contribution in [0.25, 0.3) is 0 Å². The lowest BCUT2D eigenvalue weighted by Crippen LogP contribution is -2.37. The zero-order valence-corrected chi connectivity index (χ0v) is 12.1. The Morgan fingerprint density at radius 1 is 0.944 bits per heavy atom. The average molecular weight is 270 g/mol. The third kappa shape index (κ3) is 4.81. The first-order valence-corrected chi connectivity index (χ1v) is 6.06. The quantitative estimate of drug-likeness (QED) is 0.275. The summed E-state index contributed by atoms with van der Waals surface area (Å²) in [4.78, 5) is 0. The van der Waals surface area contributed by atoms with Crippen molar-refractivity contribution in [1.29, 1.82) is 0 Å². The Labute approximate surface area is 117 Å². The van der Waals surface area contributed by atoms with Crippen molar-refractivity contribution in [3.8, 4) is 0 Å². The maximum absolute atomic E-state index is 9.35. The van der Waals surface area contributed by atoms with Crippen LogP contribution in [0.4, 0.5) is 0 Å². The molecule has 0 heterocycles. The predicted molar refractivity (Wildman–Crippen MR) is 86.8 cm³/mol. The molecule has 0 spiro atoms. The number of oxime groups is 1. The van der Waals surface area contributed by atoms with E-state index in [1.54, 1.807) is 0 Å². The highest BCUT2D eigenvalue weighted by atomic mass is 28.1. The molecule has 0 bridgehead atoms. The van der Waals surface area contributed by atoms with Gasteiger partial charge in [0.2, 0.25) is 0 Å². The van der Waals surface area contributed by atoms with E-state index in [1.165, 1.54) is 0 Å². The van der Waals surface area contributed by atoms with Crippen molar-refractivity contribution in [2.75, 3.05) is 0 Å². The molecule has 0 amide bonds. The molecule has 0 fully saturated rings. The summed E-state index contributed by atoms with van der Waals surface area (Å²) in [6.45, 7) is 20.4. The maximum Gasteiger partial charge on any atom is 0.0717 e. The first-order chi connectivity index (χ1) is 7.59. The average Bonchev–Trinajstić information content (AvgIpc) is 2.13. The third-order valence-corrected chi connectivity index (χ3v) is 3.09. The predicted octanol–water partition coefficient (Wildman–Crippen LogP) is 3.06. The van der Waals surface area contributed by atoms with Gasteiger partial charge in [-0.1, -0.05) is 58.9 Å². The summed E-state index contributed by atoms with van der Waals surface area (Å²) in [6, 6.07) is 0. The largest absolute Gasteiger partial charge is 0.411 e. The van der Waals surface area contributed by atoms with Crippen molar-refractivity contribution in [2.45, 2.75) is 41.5 Å². The van der Waals surface area contributed by atoms with E-state index in [-0.39, 0.29) is 33.6 Å². The van der Waals surface area contributed by atoms with Crippen molar-refractivity contribution >= 4 is 16.7 Å². The molecule has 0 aliphatic heterocycles. The van der Waals surface area contributed by atoms with E-state index in [0.29, 0.717) is 0 Å². The molecule has 0 aliphatic rings. The van der Waals surface area contributed by atoms with E-state index in [2.05, 4.69) is 59.9 Å². The van der Waals surface area contributed by atoms with Gasteiger partial charge in [0.1, 0.15) is 0 Å². The molecule has 0 aromatic rings. The van der Waals surface area contributed by atoms with Crippen molar-refractivity contribution in [1.82, 2.24) is 0 Å². The van der Waals surface area contributed by atoms with Crippen LogP contribution in [0.5, 0.6) is 0 Å². The minimum atomic E-state index is -0.0180. The highest BCUT2D eigenvalue weighted by molar-refractivity contribution is 5.92. The monoisotopic (exact) mass is 269 g/mol. The van der Waals surface area contributed by atoms with Gasteiger partial charge in [-0.3, -0.25) is 0 Å². The minimum absolute atomic E-state index is 0. The summed E-state index contributed by atoms with van der Waals surface area (Å²) in [6.07, 6.45) is 3.72. The van der Waals surface area contributed by atoms with E-state index in [4.69, 9.17) is 0 Å². The summed E-state index contributed by atoms with van der Waals surface area (Å²) < 4.78 is 0. The van der Waals surface area contributed by atoms with Gasteiger partial charge in [-0.25, -0.2) is 0 Å². The fourth-order valence-corrected chi connectivity index (χ4v) is 2.15. The Balaban J connectivity index is 0. The summed E-state index contributed by atoms with van der Waals surface area (Å²) >= 11 is 0. The Kier molecular flexibility index (Phi) is 7.51. The van der Waals surface area contributed by atoms with Gasteiger partial charge in [-0.15, -0.1) is 13.2 Å². The molecule has 2 nitrogen and oxygen atoms in total. The van der Waals surface area contributed by atoms with E-state index < -0.39 is 0 Å². The lowest BCUT2D eigenvalue weighted by Gasteiger charge is -2.36. The molecule has 0 radical (unpaired) electrons. The summed E-state index contributed by atoms with van der Waals surface area (Å²) in [5.41, 5.74) is 0.709. The van der Waals surface area contributed by atoms with E-state index >= 15 is 0 Å². The number of hydrogen-bond acceptors (Lipinski definition) is 2. The number of allylic oxidation sites excluding steroid dienone is 2. The SMILES string of the molecule is C=CC(C(=NO)C(C=C)C(C)(C)C)C(C)(C)C.[SiH4]. The van der Waals surface area contributed by atoms with Crippen molar-refractivity contribution < 1.29 is 5.21 Å². The molecule has 2 atom stereocenters. The van der Waals surface area contributed by atoms with Crippen LogP contribution in [0.3, 0.4) is 0 Å². The second kappa shape index (κ2) is 6.93. The van der Waals surface area contributed by atoms with Crippen LogP contribution in [-0.4, -0.2) is 21.9 Å². The highest BCUT2D eigenvalue weighted by Crippen LogP contribution is 2.37. The molecule has 18 heavy (non-hydrogen) atoms. The molecule has 1 N–H and O–H groups in total. The van der Waals surface area contributed by atoms with Crippen LogP contribution < -0.4 is 0 Å². The van der Waals surface area contributed by atoms with E-state index in [0.717, 1.165) is 5.71 Å². The van der Waals surface area contributed by atoms with Crippen LogP contribution in [0.15, 0.2) is 30.5 Å². The zero-order valence-electron chi connectivity index (χ0n) is 12.1. The van der Waals surface area contributed by atoms with Gasteiger partial charge < -0.3 is 5.21 Å². The van der Waals surface area contributed by atoms with E-state index in [1.807, 2.05) is 12.2 Å². The van der Waals surface area contributed by atoms with Crippen LogP contribution in [-0.2, 0) is 0 Å². The molecule has 0 aromatic carbocycles. The fraction of sp³-hybridized carbons (Fsp3) is 0.667. The van der Waals surface area contributed by atoms with E-state index in [9.17, 15) is 5.21 Å². The van der Waals surface area contributed by atoms with Gasteiger partial charge >= 0.3 is 0 Å². The summed E-state index contributed by atoms with van der Waals surface area (Å²) in [5, 5.41) is 12.9. The first-order valence-electron chi connectivity index (χ1n) is 6.06. The van der Waals surface area contributed by atoms with Crippen molar-refractivity contribution in [2.24, 2.45) is 27.8 Å². The van der Waals surface area contributed by atoms with Gasteiger partial charge in [0.15, 0.2) is 0 Å². The number of hydrogen-bond donors (Lipinski definition) is 1. The molecule has 0 saturated heterocycles. The van der Waals surface area contributed by atoms with Gasteiger partial charge in [0.25, 0.3) is 0 Å². The molecule has 106 valence electrons. The molecular formula is C15H31NOSi. The molecule has 2 unspecified atom stereocenters. The van der Waals surface area contributed by atoms with Crippen LogP contribution in [0, 0.1) is 22.7 Å². The van der Waals surface area contributed by atoms with Crippen molar-refractivity contribution in [3.63, 3.8) is 0 Å². The van der Waals surface area contributed by atoms with Crippen LogP contribution in [0.2, 0.25) is 0 Å². The molecule has 0 aromatic heterocycles. The van der Waals surface area contributed by atoms with Gasteiger partial charge in [0.05, 0.1) is 5.71 Å². The summed E-state index contributed by atoms with van der Waals surface area (Å²) in [7, 11) is 0. The van der Waals surface area contributed by atoms with Gasteiger partial charge in [-0.05, 0) is 21.8 Å². The molecule has 0 rings (SSSR count). The fourth-order valence-electron chi connectivity index (χ4n) is 2.15. The molecule has 0 aliphatic carbocycles. The molecule has 0 saturated carbocycles. The Bertz CT molecular complexity index is 279. The molecular weight excluding hydrogens is 238 g/mol. The summed E-state index contributed by atoms with van der Waals surface area (Å²) in [5.74, 6) is 0.0736. The smallest absolute Gasteiger partial charge is 0.0717 e. The Morgan fingerprint density at radius 2 is 1.22 bits per heavy atom. The zero-order chi connectivity index (χ0) is 13.9. The second-order valence-electron chi connectivity index (χ2n) is 6.68. The van der Waals surface area contributed by atoms with Crippen LogP contribution in [0.1, 0.15) is 41.5 Å². The topological polar surface area (TPSA) is 32.6 Å². The van der Waals surface area contributed by atoms with Gasteiger partial charge in [-0.2, -0.15) is 0 Å². The van der Waals surface area contributed by atoms with Gasteiger partial charge in [0, 0.05) is 11.8 Å². The Morgan fingerprint density at radius 3 is 1.33 bits per heavy atom. The van der Waals surface area contributed by atoms with Crippen molar-refractivity contribution in [3.05, 3.63) is 25.3 Å². The normalized spacial score (nSPS) is 15.0. The lowest BCUT2D eigenvalue weighted by molar-refractivity contribution is 0.273. The first kappa shape index (κ1) is 19.5. The standard InChI is InChI=1S/C15H27NO.H4Si/c1-9-11(14(3,4)5)13(16-17)12(10-2)15(6,7)8;/h9-12,17H,1-2H2,3-8H3;1H4. The number of nitrogens with zero attached hydrogens (tertiary/aromatic N) is 1. The second-order valence-corrected chi connectivity index (χ2v) is 6.68. The van der Waals surface area contributed by atoms with Crippen LogP contribution >= 0.6 is 0 Å².